The number of para-hydroxylation sites is 1. The molecule has 3 aromatic carbocycles. The van der Waals surface area contributed by atoms with Crippen LogP contribution in [0.25, 0.3) is 11.3 Å². The topological polar surface area (TPSA) is 67.0 Å². The Morgan fingerprint density at radius 2 is 1.64 bits per heavy atom. The summed E-state index contributed by atoms with van der Waals surface area (Å²) in [5.41, 5.74) is 2.51. The van der Waals surface area contributed by atoms with Gasteiger partial charge in [-0.2, -0.15) is 5.10 Å². The van der Waals surface area contributed by atoms with Crippen molar-refractivity contribution in [1.82, 2.24) is 10.2 Å². The molecule has 0 aliphatic heterocycles. The van der Waals surface area contributed by atoms with Gasteiger partial charge in [0.15, 0.2) is 0 Å². The van der Waals surface area contributed by atoms with E-state index >= 15 is 0 Å². The Morgan fingerprint density at radius 3 is 2.39 bits per heavy atom. The van der Waals surface area contributed by atoms with Crippen LogP contribution < -0.4 is 10.1 Å². The van der Waals surface area contributed by atoms with E-state index in [0.29, 0.717) is 27.8 Å². The van der Waals surface area contributed by atoms with E-state index in [4.69, 9.17) is 16.3 Å². The SMILES string of the molecule is O=C(Nc1ccc(Oc2ccccc2)cc1)c1cc(-c2cccc(Cl)c2)n[nH]1. The molecule has 0 fully saturated rings. The van der Waals surface area contributed by atoms with Crippen LogP contribution in [0, 0.1) is 0 Å². The summed E-state index contributed by atoms with van der Waals surface area (Å²) in [6.45, 7) is 0. The third kappa shape index (κ3) is 4.22. The molecule has 0 bridgehead atoms. The number of aromatic nitrogens is 2. The van der Waals surface area contributed by atoms with E-state index in [0.717, 1.165) is 11.3 Å². The number of nitrogens with zero attached hydrogens (tertiary/aromatic N) is 1. The molecule has 0 aliphatic carbocycles. The first-order chi connectivity index (χ1) is 13.7. The average molecular weight is 390 g/mol. The number of nitrogens with one attached hydrogen (secondary N) is 2. The molecule has 4 aromatic rings. The van der Waals surface area contributed by atoms with Gasteiger partial charge in [0.2, 0.25) is 0 Å². The molecule has 0 radical (unpaired) electrons. The molecule has 1 heterocycles. The van der Waals surface area contributed by atoms with E-state index in [1.165, 1.54) is 0 Å². The van der Waals surface area contributed by atoms with E-state index in [2.05, 4.69) is 15.5 Å². The van der Waals surface area contributed by atoms with Crippen molar-refractivity contribution in [2.45, 2.75) is 0 Å². The van der Waals surface area contributed by atoms with Gasteiger partial charge < -0.3 is 10.1 Å². The highest BCUT2D eigenvalue weighted by Gasteiger charge is 2.12. The first-order valence-corrected chi connectivity index (χ1v) is 9.01. The molecule has 0 aliphatic rings. The van der Waals surface area contributed by atoms with Crippen molar-refractivity contribution in [3.05, 3.63) is 95.6 Å². The van der Waals surface area contributed by atoms with E-state index in [1.807, 2.05) is 42.5 Å². The molecule has 28 heavy (non-hydrogen) atoms. The van der Waals surface area contributed by atoms with Crippen molar-refractivity contribution < 1.29 is 9.53 Å². The number of rotatable bonds is 5. The molecule has 138 valence electrons. The zero-order chi connectivity index (χ0) is 19.3. The molecule has 0 atom stereocenters. The predicted molar refractivity (Wildman–Crippen MR) is 110 cm³/mol. The number of carbonyl (C=O) groups is 1. The lowest BCUT2D eigenvalue weighted by Gasteiger charge is -2.07. The van der Waals surface area contributed by atoms with Gasteiger partial charge in [-0.3, -0.25) is 9.89 Å². The Kier molecular flexibility index (Phi) is 5.08. The van der Waals surface area contributed by atoms with Crippen molar-refractivity contribution >= 4 is 23.2 Å². The third-order valence-corrected chi connectivity index (χ3v) is 4.27. The fourth-order valence-electron chi connectivity index (χ4n) is 2.66. The van der Waals surface area contributed by atoms with Crippen LogP contribution >= 0.6 is 11.6 Å². The minimum absolute atomic E-state index is 0.280. The lowest BCUT2D eigenvalue weighted by molar-refractivity contribution is 0.102. The van der Waals surface area contributed by atoms with Crippen molar-refractivity contribution in [3.8, 4) is 22.8 Å². The van der Waals surface area contributed by atoms with Gasteiger partial charge in [-0.1, -0.05) is 41.9 Å². The summed E-state index contributed by atoms with van der Waals surface area (Å²) in [6.07, 6.45) is 0. The van der Waals surface area contributed by atoms with Crippen LogP contribution in [0.4, 0.5) is 5.69 Å². The van der Waals surface area contributed by atoms with Crippen molar-refractivity contribution in [2.75, 3.05) is 5.32 Å². The molecular formula is C22H16ClN3O2. The van der Waals surface area contributed by atoms with Crippen molar-refractivity contribution in [2.24, 2.45) is 0 Å². The van der Waals surface area contributed by atoms with E-state index in [-0.39, 0.29) is 5.91 Å². The molecule has 2 N–H and O–H groups in total. The van der Waals surface area contributed by atoms with Crippen molar-refractivity contribution in [1.29, 1.82) is 0 Å². The molecule has 6 heteroatoms. The Labute approximate surface area is 166 Å². The van der Waals surface area contributed by atoms with Crippen LogP contribution in [0.2, 0.25) is 5.02 Å². The van der Waals surface area contributed by atoms with Gasteiger partial charge in [0.1, 0.15) is 17.2 Å². The molecule has 5 nitrogen and oxygen atoms in total. The highest BCUT2D eigenvalue weighted by molar-refractivity contribution is 6.30. The maximum Gasteiger partial charge on any atom is 0.273 e. The number of hydrogen-bond acceptors (Lipinski definition) is 3. The van der Waals surface area contributed by atoms with Crippen LogP contribution in [-0.4, -0.2) is 16.1 Å². The summed E-state index contributed by atoms with van der Waals surface area (Å²) >= 11 is 6.01. The predicted octanol–water partition coefficient (Wildman–Crippen LogP) is 5.77. The Bertz CT molecular complexity index is 1090. The van der Waals surface area contributed by atoms with Gasteiger partial charge in [-0.15, -0.1) is 0 Å². The maximum atomic E-state index is 12.5. The number of carbonyl (C=O) groups excluding carboxylic acids is 1. The number of hydrogen-bond donors (Lipinski definition) is 2. The molecular weight excluding hydrogens is 374 g/mol. The number of halogens is 1. The lowest BCUT2D eigenvalue weighted by Crippen LogP contribution is -2.12. The summed E-state index contributed by atoms with van der Waals surface area (Å²) in [5.74, 6) is 1.16. The Hall–Kier alpha value is -3.57. The molecule has 0 saturated heterocycles. The number of H-pyrrole nitrogens is 1. The average Bonchev–Trinajstić information content (AvgIpc) is 3.21. The lowest BCUT2D eigenvalue weighted by atomic mass is 10.1. The molecule has 0 saturated carbocycles. The zero-order valence-corrected chi connectivity index (χ0v) is 15.5. The van der Waals surface area contributed by atoms with Crippen molar-refractivity contribution in [3.63, 3.8) is 0 Å². The van der Waals surface area contributed by atoms with Crippen LogP contribution in [-0.2, 0) is 0 Å². The molecule has 0 spiro atoms. The van der Waals surface area contributed by atoms with Gasteiger partial charge in [-0.05, 0) is 54.6 Å². The number of ether oxygens (including phenoxy) is 1. The number of anilines is 1. The second-order valence-corrected chi connectivity index (χ2v) is 6.51. The van der Waals surface area contributed by atoms with Crippen LogP contribution in [0.5, 0.6) is 11.5 Å². The first-order valence-electron chi connectivity index (χ1n) is 8.63. The highest BCUT2D eigenvalue weighted by Crippen LogP contribution is 2.24. The molecule has 1 aromatic heterocycles. The van der Waals surface area contributed by atoms with Gasteiger partial charge in [0, 0.05) is 16.3 Å². The number of benzene rings is 3. The van der Waals surface area contributed by atoms with Crippen LogP contribution in [0.3, 0.4) is 0 Å². The Morgan fingerprint density at radius 1 is 0.893 bits per heavy atom. The fraction of sp³-hybridized carbons (Fsp3) is 0. The second kappa shape index (κ2) is 7.98. The van der Waals surface area contributed by atoms with Crippen LogP contribution in [0.1, 0.15) is 10.5 Å². The summed E-state index contributed by atoms with van der Waals surface area (Å²) in [4.78, 5) is 12.5. The third-order valence-electron chi connectivity index (χ3n) is 4.03. The largest absolute Gasteiger partial charge is 0.457 e. The standard InChI is InChI=1S/C22H16ClN3O2/c23-16-6-4-5-15(13-16)20-14-21(26-25-20)22(27)24-17-9-11-19(12-10-17)28-18-7-2-1-3-8-18/h1-14H,(H,24,27)(H,25,26). The molecule has 0 unspecified atom stereocenters. The first kappa shape index (κ1) is 17.8. The van der Waals surface area contributed by atoms with Crippen LogP contribution in [0.15, 0.2) is 84.9 Å². The maximum absolute atomic E-state index is 12.5. The summed E-state index contributed by atoms with van der Waals surface area (Å²) in [7, 11) is 0. The van der Waals surface area contributed by atoms with E-state index < -0.39 is 0 Å². The highest BCUT2D eigenvalue weighted by atomic mass is 35.5. The molecule has 1 amide bonds. The monoisotopic (exact) mass is 389 g/mol. The van der Waals surface area contributed by atoms with E-state index in [1.54, 1.807) is 42.5 Å². The minimum atomic E-state index is -0.280. The zero-order valence-electron chi connectivity index (χ0n) is 14.7. The van der Waals surface area contributed by atoms with Gasteiger partial charge in [0.05, 0.1) is 5.69 Å². The minimum Gasteiger partial charge on any atom is -0.457 e. The quantitative estimate of drug-likeness (QED) is 0.455. The van der Waals surface area contributed by atoms with E-state index in [9.17, 15) is 4.79 Å². The van der Waals surface area contributed by atoms with Gasteiger partial charge >= 0.3 is 0 Å². The number of aromatic amines is 1. The fourth-order valence-corrected chi connectivity index (χ4v) is 2.85. The summed E-state index contributed by atoms with van der Waals surface area (Å²) in [5, 5.41) is 10.4. The second-order valence-electron chi connectivity index (χ2n) is 6.07. The molecule has 4 rings (SSSR count). The van der Waals surface area contributed by atoms with Gasteiger partial charge in [-0.25, -0.2) is 0 Å². The summed E-state index contributed by atoms with van der Waals surface area (Å²) < 4.78 is 5.75. The number of amides is 1. The van der Waals surface area contributed by atoms with Gasteiger partial charge in [0.25, 0.3) is 5.91 Å². The summed E-state index contributed by atoms with van der Waals surface area (Å²) in [6, 6.07) is 25.7. The Balaban J connectivity index is 1.42. The smallest absolute Gasteiger partial charge is 0.273 e. The normalized spacial score (nSPS) is 10.5.